The molecule has 2 nitrogen and oxygen atoms in total. The molecular weight excluding hydrogens is 346 g/mol. The zero-order chi connectivity index (χ0) is 12.5. The van der Waals surface area contributed by atoms with Gasteiger partial charge in [0, 0.05) is 15.4 Å². The zero-order valence-electron chi connectivity index (χ0n) is 9.72. The number of aryl methyl sites for hydroxylation is 1. The third-order valence-corrected chi connectivity index (χ3v) is 4.78. The lowest BCUT2D eigenvalue weighted by Crippen LogP contribution is -2.54. The molecule has 0 saturated heterocycles. The summed E-state index contributed by atoms with van der Waals surface area (Å²) in [6.07, 6.45) is 3.33. The zero-order valence-corrected chi connectivity index (χ0v) is 12.9. The van der Waals surface area contributed by atoms with E-state index in [2.05, 4.69) is 37.2 Å². The number of rotatable bonds is 3. The van der Waals surface area contributed by atoms with Gasteiger partial charge in [0.15, 0.2) is 0 Å². The van der Waals surface area contributed by atoms with Crippen molar-refractivity contribution in [3.05, 3.63) is 33.8 Å². The minimum Gasteiger partial charge on any atom is -0.346 e. The van der Waals surface area contributed by atoms with E-state index in [9.17, 15) is 4.79 Å². The van der Waals surface area contributed by atoms with E-state index in [1.165, 1.54) is 6.42 Å². The number of carbonyl (C=O) groups excluding carboxylic acids is 1. The summed E-state index contributed by atoms with van der Waals surface area (Å²) < 4.78 is 0.948. The maximum Gasteiger partial charge on any atom is 0.251 e. The van der Waals surface area contributed by atoms with Gasteiger partial charge >= 0.3 is 0 Å². The second kappa shape index (κ2) is 5.11. The van der Waals surface area contributed by atoms with E-state index in [1.54, 1.807) is 0 Å². The van der Waals surface area contributed by atoms with E-state index in [4.69, 9.17) is 0 Å². The molecule has 0 heterocycles. The number of hydrogen-bond donors (Lipinski definition) is 1. The summed E-state index contributed by atoms with van der Waals surface area (Å²) in [6, 6.07) is 5.78. The lowest BCUT2D eigenvalue weighted by molar-refractivity contribution is 0.0856. The molecule has 1 fully saturated rings. The largest absolute Gasteiger partial charge is 0.346 e. The van der Waals surface area contributed by atoms with E-state index >= 15 is 0 Å². The molecule has 0 atom stereocenters. The van der Waals surface area contributed by atoms with Crippen LogP contribution < -0.4 is 5.32 Å². The molecule has 1 aliphatic rings. The van der Waals surface area contributed by atoms with Crippen LogP contribution in [-0.4, -0.2) is 16.8 Å². The molecule has 0 aliphatic heterocycles. The van der Waals surface area contributed by atoms with Gasteiger partial charge in [0.2, 0.25) is 0 Å². The molecule has 1 amide bonds. The van der Waals surface area contributed by atoms with Gasteiger partial charge in [-0.15, -0.1) is 0 Å². The Morgan fingerprint density at radius 2 is 2.12 bits per heavy atom. The van der Waals surface area contributed by atoms with Gasteiger partial charge < -0.3 is 5.32 Å². The fraction of sp³-hybridized carbons (Fsp3) is 0.462. The van der Waals surface area contributed by atoms with Gasteiger partial charge in [0.05, 0.1) is 5.54 Å². The Labute approximate surface area is 118 Å². The summed E-state index contributed by atoms with van der Waals surface area (Å²) in [5.41, 5.74) is 1.79. The van der Waals surface area contributed by atoms with Crippen molar-refractivity contribution in [2.75, 3.05) is 5.33 Å². The van der Waals surface area contributed by atoms with Crippen molar-refractivity contribution in [3.63, 3.8) is 0 Å². The molecule has 4 heteroatoms. The maximum absolute atomic E-state index is 12.2. The summed E-state index contributed by atoms with van der Waals surface area (Å²) in [6.45, 7) is 1.99. The summed E-state index contributed by atoms with van der Waals surface area (Å²) in [5.74, 6) is 0.0218. The molecule has 0 bridgehead atoms. The van der Waals surface area contributed by atoms with Gasteiger partial charge in [-0.25, -0.2) is 0 Å². The standard InChI is InChI=1S/C13H15Br2NO/c1-9-5-10(7-11(15)6-9)12(17)16-13(8-14)3-2-4-13/h5-7H,2-4,8H2,1H3,(H,16,17). The van der Waals surface area contributed by atoms with Crippen molar-refractivity contribution in [2.45, 2.75) is 31.7 Å². The van der Waals surface area contributed by atoms with Crippen molar-refractivity contribution in [1.29, 1.82) is 0 Å². The topological polar surface area (TPSA) is 29.1 Å². The number of hydrogen-bond acceptors (Lipinski definition) is 1. The monoisotopic (exact) mass is 359 g/mol. The molecule has 92 valence electrons. The molecule has 1 aliphatic carbocycles. The highest BCUT2D eigenvalue weighted by atomic mass is 79.9. The Hall–Kier alpha value is -0.350. The highest BCUT2D eigenvalue weighted by Gasteiger charge is 2.37. The van der Waals surface area contributed by atoms with Gasteiger partial charge in [0.1, 0.15) is 0 Å². The SMILES string of the molecule is Cc1cc(Br)cc(C(=O)NC2(CBr)CCC2)c1. The van der Waals surface area contributed by atoms with Crippen LogP contribution in [0.15, 0.2) is 22.7 Å². The highest BCUT2D eigenvalue weighted by molar-refractivity contribution is 9.10. The van der Waals surface area contributed by atoms with Gasteiger partial charge in [-0.05, 0) is 49.9 Å². The van der Waals surface area contributed by atoms with Crippen LogP contribution in [0.2, 0.25) is 0 Å². The van der Waals surface area contributed by atoms with Crippen molar-refractivity contribution < 1.29 is 4.79 Å². The van der Waals surface area contributed by atoms with Gasteiger partial charge in [-0.2, -0.15) is 0 Å². The number of carbonyl (C=O) groups is 1. The van der Waals surface area contributed by atoms with Gasteiger partial charge in [-0.1, -0.05) is 31.9 Å². The minimum absolute atomic E-state index is 0.0205. The molecule has 1 saturated carbocycles. The predicted octanol–water partition coefficient (Wildman–Crippen LogP) is 3.80. The van der Waals surface area contributed by atoms with Crippen molar-refractivity contribution >= 4 is 37.8 Å². The Morgan fingerprint density at radius 1 is 1.41 bits per heavy atom. The average molecular weight is 361 g/mol. The highest BCUT2D eigenvalue weighted by Crippen LogP contribution is 2.33. The minimum atomic E-state index is -0.0205. The van der Waals surface area contributed by atoms with Gasteiger partial charge in [-0.3, -0.25) is 4.79 Å². The molecule has 0 spiro atoms. The van der Waals surface area contributed by atoms with Crippen LogP contribution in [-0.2, 0) is 0 Å². The van der Waals surface area contributed by atoms with Crippen LogP contribution in [0.1, 0.15) is 35.2 Å². The van der Waals surface area contributed by atoms with Crippen LogP contribution in [0.5, 0.6) is 0 Å². The second-order valence-corrected chi connectivity index (χ2v) is 6.22. The fourth-order valence-corrected chi connectivity index (χ4v) is 3.38. The molecule has 1 aromatic rings. The molecule has 2 rings (SSSR count). The van der Waals surface area contributed by atoms with Crippen LogP contribution in [0, 0.1) is 6.92 Å². The van der Waals surface area contributed by atoms with Crippen LogP contribution >= 0.6 is 31.9 Å². The maximum atomic E-state index is 12.2. The molecular formula is C13H15Br2NO. The summed E-state index contributed by atoms with van der Waals surface area (Å²) in [5, 5.41) is 3.98. The number of amides is 1. The average Bonchev–Trinajstić information content (AvgIpc) is 2.21. The van der Waals surface area contributed by atoms with Crippen molar-refractivity contribution in [1.82, 2.24) is 5.32 Å². The first-order valence-corrected chi connectivity index (χ1v) is 7.62. The summed E-state index contributed by atoms with van der Waals surface area (Å²) >= 11 is 6.91. The van der Waals surface area contributed by atoms with Crippen LogP contribution in [0.25, 0.3) is 0 Å². The third-order valence-electron chi connectivity index (χ3n) is 3.25. The van der Waals surface area contributed by atoms with Gasteiger partial charge in [0.25, 0.3) is 5.91 Å². The molecule has 0 radical (unpaired) electrons. The number of nitrogens with one attached hydrogen (secondary N) is 1. The molecule has 1 aromatic carbocycles. The first-order chi connectivity index (χ1) is 8.04. The number of alkyl halides is 1. The van der Waals surface area contributed by atoms with E-state index in [-0.39, 0.29) is 11.4 Å². The van der Waals surface area contributed by atoms with Crippen molar-refractivity contribution in [3.8, 4) is 0 Å². The quantitative estimate of drug-likeness (QED) is 0.816. The third kappa shape index (κ3) is 2.91. The number of halogens is 2. The van der Waals surface area contributed by atoms with Crippen LogP contribution in [0.3, 0.4) is 0 Å². The Kier molecular flexibility index (Phi) is 3.93. The van der Waals surface area contributed by atoms with E-state index in [1.807, 2.05) is 25.1 Å². The van der Waals surface area contributed by atoms with E-state index < -0.39 is 0 Å². The fourth-order valence-electron chi connectivity index (χ4n) is 2.08. The molecule has 17 heavy (non-hydrogen) atoms. The summed E-state index contributed by atoms with van der Waals surface area (Å²) in [4.78, 5) is 12.2. The summed E-state index contributed by atoms with van der Waals surface area (Å²) in [7, 11) is 0. The molecule has 0 unspecified atom stereocenters. The normalized spacial score (nSPS) is 17.4. The molecule has 1 N–H and O–H groups in total. The lowest BCUT2D eigenvalue weighted by Gasteiger charge is -2.41. The first-order valence-electron chi connectivity index (χ1n) is 5.70. The molecule has 0 aromatic heterocycles. The van der Waals surface area contributed by atoms with Crippen molar-refractivity contribution in [2.24, 2.45) is 0 Å². The Morgan fingerprint density at radius 3 is 2.59 bits per heavy atom. The lowest BCUT2D eigenvalue weighted by atomic mass is 9.78. The predicted molar refractivity (Wildman–Crippen MR) is 76.7 cm³/mol. The van der Waals surface area contributed by atoms with E-state index in [0.29, 0.717) is 0 Å². The second-order valence-electron chi connectivity index (χ2n) is 4.74. The Balaban J connectivity index is 2.14. The smallest absolute Gasteiger partial charge is 0.251 e. The first kappa shape index (κ1) is 13.1. The Bertz CT molecular complexity index is 415. The number of benzene rings is 1. The van der Waals surface area contributed by atoms with Crippen LogP contribution in [0.4, 0.5) is 0 Å². The van der Waals surface area contributed by atoms with E-state index in [0.717, 1.165) is 33.8 Å².